The molecule has 0 spiro atoms. The second-order valence-corrected chi connectivity index (χ2v) is 7.19. The molecule has 0 atom stereocenters. The van der Waals surface area contributed by atoms with Crippen LogP contribution in [0.1, 0.15) is 44.6 Å². The molecule has 30 heavy (non-hydrogen) atoms. The molecule has 0 fully saturated rings. The normalized spacial score (nSPS) is 12.8. The van der Waals surface area contributed by atoms with E-state index in [1.807, 2.05) is 38.1 Å². The first-order valence-electron chi connectivity index (χ1n) is 9.76. The van der Waals surface area contributed by atoms with Gasteiger partial charge in [-0.15, -0.1) is 0 Å². The number of amides is 2. The monoisotopic (exact) mass is 405 g/mol. The lowest BCUT2D eigenvalue weighted by Crippen LogP contribution is -2.24. The van der Waals surface area contributed by atoms with Gasteiger partial charge in [0.15, 0.2) is 0 Å². The second kappa shape index (κ2) is 7.98. The van der Waals surface area contributed by atoms with Crippen molar-refractivity contribution in [1.29, 1.82) is 0 Å². The SMILES string of the molecule is CCN1Cc2nc(OC)c(CNC(=O)c3cc(-c4ccc(C)cc4)n[nH]3)cc2C1=O. The van der Waals surface area contributed by atoms with E-state index in [2.05, 4.69) is 20.5 Å². The van der Waals surface area contributed by atoms with E-state index in [4.69, 9.17) is 4.74 Å². The van der Waals surface area contributed by atoms with Crippen LogP contribution in [0.15, 0.2) is 36.4 Å². The lowest BCUT2D eigenvalue weighted by molar-refractivity contribution is 0.0786. The fourth-order valence-electron chi connectivity index (χ4n) is 3.44. The van der Waals surface area contributed by atoms with Gasteiger partial charge in [-0.3, -0.25) is 14.7 Å². The lowest BCUT2D eigenvalue weighted by Gasteiger charge is -2.10. The van der Waals surface area contributed by atoms with Crippen LogP contribution in [0.3, 0.4) is 0 Å². The molecule has 8 heteroatoms. The summed E-state index contributed by atoms with van der Waals surface area (Å²) in [6.07, 6.45) is 0. The van der Waals surface area contributed by atoms with Crippen LogP contribution in [0.5, 0.6) is 5.88 Å². The smallest absolute Gasteiger partial charge is 0.269 e. The van der Waals surface area contributed by atoms with E-state index in [0.717, 1.165) is 11.1 Å². The zero-order chi connectivity index (χ0) is 21.3. The van der Waals surface area contributed by atoms with Crippen molar-refractivity contribution >= 4 is 11.8 Å². The number of pyridine rings is 1. The van der Waals surface area contributed by atoms with Crippen molar-refractivity contribution in [3.63, 3.8) is 0 Å². The number of aromatic nitrogens is 3. The van der Waals surface area contributed by atoms with E-state index >= 15 is 0 Å². The highest BCUT2D eigenvalue weighted by atomic mass is 16.5. The number of hydrogen-bond acceptors (Lipinski definition) is 5. The van der Waals surface area contributed by atoms with Gasteiger partial charge < -0.3 is 15.0 Å². The third kappa shape index (κ3) is 3.63. The van der Waals surface area contributed by atoms with Crippen molar-refractivity contribution in [3.05, 3.63) is 64.5 Å². The number of aromatic amines is 1. The molecule has 154 valence electrons. The summed E-state index contributed by atoms with van der Waals surface area (Å²) < 4.78 is 5.37. The summed E-state index contributed by atoms with van der Waals surface area (Å²) in [5.41, 5.74) is 5.04. The van der Waals surface area contributed by atoms with Gasteiger partial charge in [0.2, 0.25) is 5.88 Å². The van der Waals surface area contributed by atoms with Crippen LogP contribution < -0.4 is 10.1 Å². The molecule has 1 aromatic carbocycles. The predicted octanol–water partition coefficient (Wildman–Crippen LogP) is 2.69. The zero-order valence-electron chi connectivity index (χ0n) is 17.2. The number of fused-ring (bicyclic) bond motifs is 1. The predicted molar refractivity (Wildman–Crippen MR) is 111 cm³/mol. The maximum absolute atomic E-state index is 12.6. The summed E-state index contributed by atoms with van der Waals surface area (Å²) in [5.74, 6) is 0.0567. The third-order valence-electron chi connectivity index (χ3n) is 5.18. The standard InChI is InChI=1S/C22H23N5O3/c1-4-27-12-19-16(22(27)29)9-15(21(24-19)30-3)11-23-20(28)18-10-17(25-26-18)14-7-5-13(2)6-8-14/h5-10H,4,11-12H2,1-3H3,(H,23,28)(H,25,26). The summed E-state index contributed by atoms with van der Waals surface area (Å²) in [6, 6.07) is 11.4. The molecular weight excluding hydrogens is 382 g/mol. The Balaban J connectivity index is 1.49. The molecule has 2 N–H and O–H groups in total. The fraction of sp³-hybridized carbons (Fsp3) is 0.273. The molecule has 1 aliphatic heterocycles. The van der Waals surface area contributed by atoms with Gasteiger partial charge in [-0.05, 0) is 26.0 Å². The number of benzene rings is 1. The van der Waals surface area contributed by atoms with Gasteiger partial charge in [-0.25, -0.2) is 4.98 Å². The highest BCUT2D eigenvalue weighted by Crippen LogP contribution is 2.27. The largest absolute Gasteiger partial charge is 0.481 e. The average Bonchev–Trinajstić information content (AvgIpc) is 3.37. The summed E-state index contributed by atoms with van der Waals surface area (Å²) in [5, 5.41) is 9.84. The van der Waals surface area contributed by atoms with Gasteiger partial charge >= 0.3 is 0 Å². The van der Waals surface area contributed by atoms with Crippen molar-refractivity contribution in [2.75, 3.05) is 13.7 Å². The minimum Gasteiger partial charge on any atom is -0.481 e. The van der Waals surface area contributed by atoms with Crippen LogP contribution >= 0.6 is 0 Å². The van der Waals surface area contributed by atoms with E-state index in [1.54, 1.807) is 17.0 Å². The Morgan fingerprint density at radius 2 is 2.03 bits per heavy atom. The molecule has 4 rings (SSSR count). The van der Waals surface area contributed by atoms with Gasteiger partial charge in [-0.1, -0.05) is 29.8 Å². The van der Waals surface area contributed by atoms with Gasteiger partial charge in [0.05, 0.1) is 30.6 Å². The molecule has 8 nitrogen and oxygen atoms in total. The van der Waals surface area contributed by atoms with E-state index < -0.39 is 0 Å². The zero-order valence-corrected chi connectivity index (χ0v) is 17.2. The van der Waals surface area contributed by atoms with Crippen LogP contribution in [-0.2, 0) is 13.1 Å². The number of ether oxygens (including phenoxy) is 1. The first kappa shape index (κ1) is 19.6. The van der Waals surface area contributed by atoms with Crippen molar-refractivity contribution in [2.45, 2.75) is 26.9 Å². The first-order valence-corrected chi connectivity index (χ1v) is 9.76. The van der Waals surface area contributed by atoms with E-state index in [1.165, 1.54) is 7.11 Å². The van der Waals surface area contributed by atoms with Crippen LogP contribution in [-0.4, -0.2) is 45.6 Å². The minimum atomic E-state index is -0.301. The van der Waals surface area contributed by atoms with E-state index in [9.17, 15) is 9.59 Å². The lowest BCUT2D eigenvalue weighted by atomic mass is 10.1. The Morgan fingerprint density at radius 3 is 2.73 bits per heavy atom. The van der Waals surface area contributed by atoms with E-state index in [0.29, 0.717) is 47.2 Å². The van der Waals surface area contributed by atoms with Crippen LogP contribution in [0.4, 0.5) is 0 Å². The van der Waals surface area contributed by atoms with E-state index in [-0.39, 0.29) is 18.4 Å². The third-order valence-corrected chi connectivity index (χ3v) is 5.18. The number of carbonyl (C=O) groups is 2. The Morgan fingerprint density at radius 1 is 1.27 bits per heavy atom. The second-order valence-electron chi connectivity index (χ2n) is 7.19. The maximum Gasteiger partial charge on any atom is 0.269 e. The van der Waals surface area contributed by atoms with Crippen molar-refractivity contribution < 1.29 is 14.3 Å². The minimum absolute atomic E-state index is 0.0495. The molecule has 3 heterocycles. The number of methoxy groups -OCH3 is 1. The Hall–Kier alpha value is -3.68. The Labute approximate surface area is 174 Å². The maximum atomic E-state index is 12.6. The van der Waals surface area contributed by atoms with Crippen LogP contribution in [0.25, 0.3) is 11.3 Å². The molecule has 0 saturated heterocycles. The molecule has 0 aliphatic carbocycles. The molecular formula is C22H23N5O3. The number of nitrogens with one attached hydrogen (secondary N) is 2. The summed E-state index contributed by atoms with van der Waals surface area (Å²) in [7, 11) is 1.52. The molecule has 0 saturated carbocycles. The highest BCUT2D eigenvalue weighted by molar-refractivity contribution is 5.98. The molecule has 0 radical (unpaired) electrons. The number of nitrogens with zero attached hydrogens (tertiary/aromatic N) is 3. The topological polar surface area (TPSA) is 100 Å². The van der Waals surface area contributed by atoms with Gasteiger partial charge in [0.25, 0.3) is 11.8 Å². The fourth-order valence-corrected chi connectivity index (χ4v) is 3.44. The number of hydrogen-bond donors (Lipinski definition) is 2. The molecule has 2 amide bonds. The Kier molecular flexibility index (Phi) is 5.22. The van der Waals surface area contributed by atoms with Crippen LogP contribution in [0.2, 0.25) is 0 Å². The molecule has 0 bridgehead atoms. The first-order chi connectivity index (χ1) is 14.5. The van der Waals surface area contributed by atoms with Gasteiger partial charge in [0, 0.05) is 24.2 Å². The number of H-pyrrole nitrogens is 1. The molecule has 1 aliphatic rings. The molecule has 0 unspecified atom stereocenters. The summed E-state index contributed by atoms with van der Waals surface area (Å²) in [4.78, 5) is 31.2. The number of carbonyl (C=O) groups excluding carboxylic acids is 2. The summed E-state index contributed by atoms with van der Waals surface area (Å²) >= 11 is 0. The quantitative estimate of drug-likeness (QED) is 0.657. The average molecular weight is 405 g/mol. The van der Waals surface area contributed by atoms with Gasteiger partial charge in [-0.2, -0.15) is 5.10 Å². The van der Waals surface area contributed by atoms with Crippen LogP contribution in [0, 0.1) is 6.92 Å². The van der Waals surface area contributed by atoms with Crippen molar-refractivity contribution in [2.24, 2.45) is 0 Å². The highest BCUT2D eigenvalue weighted by Gasteiger charge is 2.29. The van der Waals surface area contributed by atoms with Gasteiger partial charge in [0.1, 0.15) is 5.69 Å². The number of rotatable bonds is 6. The van der Waals surface area contributed by atoms with Crippen molar-refractivity contribution in [3.8, 4) is 17.1 Å². The summed E-state index contributed by atoms with van der Waals surface area (Å²) in [6.45, 7) is 5.22. The number of aryl methyl sites for hydroxylation is 1. The van der Waals surface area contributed by atoms with Crippen molar-refractivity contribution in [1.82, 2.24) is 25.4 Å². The Bertz CT molecular complexity index is 1100. The molecule has 2 aromatic heterocycles. The molecule has 3 aromatic rings.